The molecule has 0 spiro atoms. The highest BCUT2D eigenvalue weighted by Crippen LogP contribution is 2.28. The first-order valence-electron chi connectivity index (χ1n) is 12.8. The largest absolute Gasteiger partial charge is 0.493 e. The molecule has 4 rings (SSSR count). The molecule has 218 valence electrons. The third-order valence-corrected chi connectivity index (χ3v) is 8.69. The number of hydrogen-bond donors (Lipinski definition) is 1. The van der Waals surface area contributed by atoms with Crippen LogP contribution in [0.1, 0.15) is 22.3 Å². The molecule has 0 heterocycles. The van der Waals surface area contributed by atoms with Gasteiger partial charge in [0, 0.05) is 6.54 Å². The molecule has 0 bridgehead atoms. The van der Waals surface area contributed by atoms with Crippen molar-refractivity contribution in [1.29, 1.82) is 0 Å². The van der Waals surface area contributed by atoms with Gasteiger partial charge in [-0.3, -0.25) is 4.79 Å². The van der Waals surface area contributed by atoms with Gasteiger partial charge in [-0.15, -0.1) is 0 Å². The SMILES string of the molecule is COc1cc(/C=N\NC(=O)CN(Cc2ccc(Cl)c(Cl)c2)S(=O)(=O)c2ccc(C)cc2)ccc1OCc1ccccc1. The quantitative estimate of drug-likeness (QED) is 0.149. The van der Waals surface area contributed by atoms with Crippen molar-refractivity contribution in [3.05, 3.63) is 123 Å². The van der Waals surface area contributed by atoms with E-state index in [2.05, 4.69) is 10.5 Å². The molecule has 0 aliphatic heterocycles. The minimum absolute atomic E-state index is 0.0612. The molecule has 1 amide bonds. The molecule has 0 saturated carbocycles. The maximum Gasteiger partial charge on any atom is 0.255 e. The van der Waals surface area contributed by atoms with Gasteiger partial charge in [-0.2, -0.15) is 9.41 Å². The molecule has 8 nitrogen and oxygen atoms in total. The maximum atomic E-state index is 13.5. The number of nitrogens with zero attached hydrogens (tertiary/aromatic N) is 2. The van der Waals surface area contributed by atoms with Gasteiger partial charge in [0.1, 0.15) is 6.61 Å². The first-order valence-corrected chi connectivity index (χ1v) is 15.0. The molecule has 0 aliphatic rings. The second-order valence-corrected chi connectivity index (χ2v) is 12.1. The Morgan fingerprint density at radius 1 is 0.905 bits per heavy atom. The Morgan fingerprint density at radius 2 is 1.64 bits per heavy atom. The summed E-state index contributed by atoms with van der Waals surface area (Å²) in [6.45, 7) is 1.65. The number of carbonyl (C=O) groups excluding carboxylic acids is 1. The van der Waals surface area contributed by atoms with Gasteiger partial charge in [-0.05, 0) is 66.1 Å². The summed E-state index contributed by atoms with van der Waals surface area (Å²) in [6, 6.07) is 26.2. The lowest BCUT2D eigenvalue weighted by molar-refractivity contribution is -0.121. The molecule has 4 aromatic carbocycles. The van der Waals surface area contributed by atoms with E-state index in [0.717, 1.165) is 15.4 Å². The highest BCUT2D eigenvalue weighted by molar-refractivity contribution is 7.89. The number of hydrazone groups is 1. The van der Waals surface area contributed by atoms with Gasteiger partial charge in [-0.1, -0.05) is 77.3 Å². The predicted octanol–water partition coefficient (Wildman–Crippen LogP) is 6.23. The summed E-state index contributed by atoms with van der Waals surface area (Å²) < 4.78 is 39.4. The molecule has 1 N–H and O–H groups in total. The van der Waals surface area contributed by atoms with Crippen LogP contribution >= 0.6 is 23.2 Å². The fourth-order valence-electron chi connectivity index (χ4n) is 3.92. The van der Waals surface area contributed by atoms with Crippen LogP contribution in [0.25, 0.3) is 0 Å². The topological polar surface area (TPSA) is 97.3 Å². The summed E-state index contributed by atoms with van der Waals surface area (Å²) in [7, 11) is -2.50. The van der Waals surface area contributed by atoms with Crippen molar-refractivity contribution in [3.8, 4) is 11.5 Å². The average molecular weight is 627 g/mol. The Morgan fingerprint density at radius 3 is 2.33 bits per heavy atom. The molecule has 0 radical (unpaired) electrons. The molecule has 42 heavy (non-hydrogen) atoms. The Kier molecular flexibility index (Phi) is 10.6. The molecule has 11 heteroatoms. The fraction of sp³-hybridized carbons (Fsp3) is 0.161. The number of carbonyl (C=O) groups is 1. The zero-order valence-electron chi connectivity index (χ0n) is 23.0. The molecule has 4 aromatic rings. The Bertz CT molecular complexity index is 1660. The molecular weight excluding hydrogens is 597 g/mol. The van der Waals surface area contributed by atoms with Gasteiger partial charge in [0.15, 0.2) is 11.5 Å². The molecular formula is C31H29Cl2N3O5S. The zero-order chi connectivity index (χ0) is 30.1. The number of aryl methyl sites for hydroxylation is 1. The average Bonchev–Trinajstić information content (AvgIpc) is 2.98. The number of rotatable bonds is 12. The van der Waals surface area contributed by atoms with Crippen LogP contribution in [0.3, 0.4) is 0 Å². The van der Waals surface area contributed by atoms with E-state index in [1.165, 1.54) is 25.5 Å². The highest BCUT2D eigenvalue weighted by atomic mass is 35.5. The van der Waals surface area contributed by atoms with Crippen LogP contribution in [-0.4, -0.2) is 38.5 Å². The Hall–Kier alpha value is -3.89. The van der Waals surface area contributed by atoms with Crippen molar-refractivity contribution in [2.75, 3.05) is 13.7 Å². The standard InChI is InChI=1S/C31H29Cl2N3O5S/c1-22-8-12-26(13-9-22)42(38,39)36(19-25-10-14-27(32)28(33)16-25)20-31(37)35-34-18-24-11-15-29(30(17-24)40-2)41-21-23-6-4-3-5-7-23/h3-18H,19-21H2,1-2H3,(H,35,37)/b34-18-. The summed E-state index contributed by atoms with van der Waals surface area (Å²) >= 11 is 12.2. The molecule has 0 saturated heterocycles. The number of methoxy groups -OCH3 is 1. The molecule has 0 fully saturated rings. The van der Waals surface area contributed by atoms with Crippen molar-refractivity contribution >= 4 is 45.3 Å². The third-order valence-electron chi connectivity index (χ3n) is 6.15. The van der Waals surface area contributed by atoms with Gasteiger partial charge >= 0.3 is 0 Å². The summed E-state index contributed by atoms with van der Waals surface area (Å²) in [4.78, 5) is 12.9. The van der Waals surface area contributed by atoms with E-state index in [1.807, 2.05) is 37.3 Å². The fourth-order valence-corrected chi connectivity index (χ4v) is 5.63. The number of sulfonamides is 1. The predicted molar refractivity (Wildman–Crippen MR) is 165 cm³/mol. The van der Waals surface area contributed by atoms with Crippen LogP contribution in [0.2, 0.25) is 10.0 Å². The van der Waals surface area contributed by atoms with E-state index in [1.54, 1.807) is 48.5 Å². The van der Waals surface area contributed by atoms with Crippen LogP contribution in [0.5, 0.6) is 11.5 Å². The van der Waals surface area contributed by atoms with Crippen molar-refractivity contribution in [2.24, 2.45) is 5.10 Å². The number of halogens is 2. The van der Waals surface area contributed by atoms with Crippen LogP contribution in [0.4, 0.5) is 0 Å². The minimum Gasteiger partial charge on any atom is -0.493 e. The van der Waals surface area contributed by atoms with Crippen molar-refractivity contribution in [3.63, 3.8) is 0 Å². The minimum atomic E-state index is -4.04. The summed E-state index contributed by atoms with van der Waals surface area (Å²) in [5, 5.41) is 4.63. The summed E-state index contributed by atoms with van der Waals surface area (Å²) in [5.41, 5.74) is 5.54. The second kappa shape index (κ2) is 14.3. The first-order chi connectivity index (χ1) is 20.2. The number of benzene rings is 4. The molecule has 0 aromatic heterocycles. The van der Waals surface area contributed by atoms with Crippen molar-refractivity contribution in [1.82, 2.24) is 9.73 Å². The van der Waals surface area contributed by atoms with E-state index < -0.39 is 22.5 Å². The monoisotopic (exact) mass is 625 g/mol. The number of hydrogen-bond acceptors (Lipinski definition) is 6. The van der Waals surface area contributed by atoms with Crippen molar-refractivity contribution in [2.45, 2.75) is 25.0 Å². The summed E-state index contributed by atoms with van der Waals surface area (Å²) in [5.74, 6) is 0.428. The smallest absolute Gasteiger partial charge is 0.255 e. The lowest BCUT2D eigenvalue weighted by atomic mass is 10.2. The molecule has 0 aliphatic carbocycles. The Balaban J connectivity index is 1.45. The zero-order valence-corrected chi connectivity index (χ0v) is 25.3. The van der Waals surface area contributed by atoms with Crippen LogP contribution < -0.4 is 14.9 Å². The van der Waals surface area contributed by atoms with Crippen molar-refractivity contribution < 1.29 is 22.7 Å². The summed E-state index contributed by atoms with van der Waals surface area (Å²) in [6.07, 6.45) is 1.43. The normalized spacial score (nSPS) is 11.5. The number of nitrogens with one attached hydrogen (secondary N) is 1. The molecule has 0 atom stereocenters. The van der Waals surface area contributed by atoms with E-state index in [4.69, 9.17) is 32.7 Å². The van der Waals surface area contributed by atoms with E-state index in [9.17, 15) is 13.2 Å². The van der Waals surface area contributed by atoms with E-state index in [-0.39, 0.29) is 16.5 Å². The first kappa shape index (κ1) is 31.1. The van der Waals surface area contributed by atoms with E-state index >= 15 is 0 Å². The highest BCUT2D eigenvalue weighted by Gasteiger charge is 2.27. The Labute approximate surface area is 255 Å². The second-order valence-electron chi connectivity index (χ2n) is 9.31. The number of ether oxygens (including phenoxy) is 2. The van der Waals surface area contributed by atoms with Gasteiger partial charge in [0.2, 0.25) is 10.0 Å². The lowest BCUT2D eigenvalue weighted by Gasteiger charge is -2.22. The van der Waals surface area contributed by atoms with Crippen LogP contribution in [-0.2, 0) is 28.0 Å². The van der Waals surface area contributed by atoms with Gasteiger partial charge in [0.25, 0.3) is 5.91 Å². The number of amides is 1. The van der Waals surface area contributed by atoms with Gasteiger partial charge in [-0.25, -0.2) is 13.8 Å². The maximum absolute atomic E-state index is 13.5. The molecule has 0 unspecified atom stereocenters. The van der Waals surface area contributed by atoms with Crippen LogP contribution in [0.15, 0.2) is 101 Å². The van der Waals surface area contributed by atoms with E-state index in [0.29, 0.717) is 34.3 Å². The third kappa shape index (κ3) is 8.33. The van der Waals surface area contributed by atoms with Gasteiger partial charge in [0.05, 0.1) is 34.8 Å². The van der Waals surface area contributed by atoms with Gasteiger partial charge < -0.3 is 9.47 Å². The lowest BCUT2D eigenvalue weighted by Crippen LogP contribution is -2.39. The van der Waals surface area contributed by atoms with Crippen LogP contribution in [0, 0.1) is 6.92 Å².